The molecule has 0 aromatic heterocycles. The van der Waals surface area contributed by atoms with E-state index in [2.05, 4.69) is 0 Å². The van der Waals surface area contributed by atoms with Crippen molar-refractivity contribution in [3.05, 3.63) is 53.1 Å². The standard InChI is InChI=1S/C21H25ClN2O4S/c1-15-13-16-7-4-5-8-19(16)24(15)21(25)9-6-12-23(29(3,26)27)17-10-11-20(28-2)18(22)14-17/h4-5,7-8,10-11,14-15H,6,9,12-13H2,1-3H3. The van der Waals surface area contributed by atoms with Crippen LogP contribution in [0.15, 0.2) is 42.5 Å². The minimum absolute atomic E-state index is 0.00339. The summed E-state index contributed by atoms with van der Waals surface area (Å²) in [4.78, 5) is 14.7. The Morgan fingerprint density at radius 3 is 2.66 bits per heavy atom. The van der Waals surface area contributed by atoms with Gasteiger partial charge in [0.2, 0.25) is 15.9 Å². The summed E-state index contributed by atoms with van der Waals surface area (Å²) in [5.74, 6) is 0.476. The zero-order valence-electron chi connectivity index (χ0n) is 16.8. The van der Waals surface area contributed by atoms with Gasteiger partial charge in [0.1, 0.15) is 5.75 Å². The minimum Gasteiger partial charge on any atom is -0.495 e. The molecule has 0 saturated carbocycles. The SMILES string of the molecule is COc1ccc(N(CCCC(=O)N2c3ccccc3CC2C)S(C)(=O)=O)cc1Cl. The van der Waals surface area contributed by atoms with E-state index in [0.717, 1.165) is 18.4 Å². The predicted molar refractivity (Wildman–Crippen MR) is 117 cm³/mol. The van der Waals surface area contributed by atoms with Crippen molar-refractivity contribution in [3.8, 4) is 5.75 Å². The summed E-state index contributed by atoms with van der Waals surface area (Å²) in [5, 5.41) is 0.331. The molecule has 0 N–H and O–H groups in total. The van der Waals surface area contributed by atoms with Crippen LogP contribution in [0.5, 0.6) is 5.75 Å². The van der Waals surface area contributed by atoms with E-state index in [9.17, 15) is 13.2 Å². The highest BCUT2D eigenvalue weighted by atomic mass is 35.5. The number of hydrogen-bond donors (Lipinski definition) is 0. The molecule has 1 aliphatic rings. The van der Waals surface area contributed by atoms with Crippen LogP contribution in [-0.4, -0.2) is 40.3 Å². The molecule has 2 aromatic carbocycles. The fourth-order valence-corrected chi connectivity index (χ4v) is 4.95. The molecule has 3 rings (SSSR count). The molecule has 6 nitrogen and oxygen atoms in total. The van der Waals surface area contributed by atoms with E-state index < -0.39 is 10.0 Å². The highest BCUT2D eigenvalue weighted by Gasteiger charge is 2.30. The number of para-hydroxylation sites is 1. The summed E-state index contributed by atoms with van der Waals surface area (Å²) in [7, 11) is -2.02. The summed E-state index contributed by atoms with van der Waals surface area (Å²) < 4.78 is 31.0. The van der Waals surface area contributed by atoms with Crippen LogP contribution >= 0.6 is 11.6 Å². The lowest BCUT2D eigenvalue weighted by Crippen LogP contribution is -2.37. The van der Waals surface area contributed by atoms with Gasteiger partial charge in [0.25, 0.3) is 0 Å². The fraction of sp³-hybridized carbons (Fsp3) is 0.381. The molecule has 0 spiro atoms. The normalized spacial score (nSPS) is 15.9. The second kappa shape index (κ2) is 8.63. The monoisotopic (exact) mass is 436 g/mol. The number of amides is 1. The molecule has 0 saturated heterocycles. The van der Waals surface area contributed by atoms with Crippen LogP contribution in [0.4, 0.5) is 11.4 Å². The summed E-state index contributed by atoms with van der Waals surface area (Å²) in [5.41, 5.74) is 2.57. The van der Waals surface area contributed by atoms with Crippen LogP contribution < -0.4 is 13.9 Å². The van der Waals surface area contributed by atoms with E-state index in [1.54, 1.807) is 18.2 Å². The summed E-state index contributed by atoms with van der Waals surface area (Å²) in [6.45, 7) is 2.22. The van der Waals surface area contributed by atoms with Crippen molar-refractivity contribution in [3.63, 3.8) is 0 Å². The van der Waals surface area contributed by atoms with Gasteiger partial charge in [-0.2, -0.15) is 0 Å². The van der Waals surface area contributed by atoms with Crippen molar-refractivity contribution in [1.82, 2.24) is 0 Å². The Balaban J connectivity index is 1.70. The molecule has 1 aliphatic heterocycles. The van der Waals surface area contributed by atoms with E-state index >= 15 is 0 Å². The smallest absolute Gasteiger partial charge is 0.232 e. The Morgan fingerprint density at radius 2 is 2.00 bits per heavy atom. The average molecular weight is 437 g/mol. The Hall–Kier alpha value is -2.25. The van der Waals surface area contributed by atoms with Gasteiger partial charge in [0.15, 0.2) is 0 Å². The van der Waals surface area contributed by atoms with E-state index in [4.69, 9.17) is 16.3 Å². The van der Waals surface area contributed by atoms with E-state index in [1.807, 2.05) is 36.1 Å². The van der Waals surface area contributed by atoms with Gasteiger partial charge in [0.05, 0.1) is 24.1 Å². The zero-order valence-corrected chi connectivity index (χ0v) is 18.3. The number of methoxy groups -OCH3 is 1. The van der Waals surface area contributed by atoms with E-state index in [1.165, 1.54) is 17.0 Å². The van der Waals surface area contributed by atoms with Gasteiger partial charge in [0, 0.05) is 24.7 Å². The largest absolute Gasteiger partial charge is 0.495 e. The van der Waals surface area contributed by atoms with Crippen molar-refractivity contribution < 1.29 is 17.9 Å². The first-order valence-electron chi connectivity index (χ1n) is 9.43. The minimum atomic E-state index is -3.52. The van der Waals surface area contributed by atoms with Crippen LogP contribution in [0.3, 0.4) is 0 Å². The second-order valence-electron chi connectivity index (χ2n) is 7.20. The maximum absolute atomic E-state index is 12.8. The van der Waals surface area contributed by atoms with Gasteiger partial charge in [-0.1, -0.05) is 29.8 Å². The Labute approximate surface area is 177 Å². The number of hydrogen-bond acceptors (Lipinski definition) is 4. The number of anilines is 2. The van der Waals surface area contributed by atoms with Crippen LogP contribution in [0.25, 0.3) is 0 Å². The number of halogens is 1. The van der Waals surface area contributed by atoms with Crippen LogP contribution in [0.2, 0.25) is 5.02 Å². The van der Waals surface area contributed by atoms with Crippen LogP contribution in [0.1, 0.15) is 25.3 Å². The number of carbonyl (C=O) groups excluding carboxylic acids is 1. The number of sulfonamides is 1. The summed E-state index contributed by atoms with van der Waals surface area (Å²) >= 11 is 6.15. The van der Waals surface area contributed by atoms with E-state index in [0.29, 0.717) is 22.9 Å². The predicted octanol–water partition coefficient (Wildman–Crippen LogP) is 3.87. The number of carbonyl (C=O) groups is 1. The molecule has 0 fully saturated rings. The van der Waals surface area contributed by atoms with Gasteiger partial charge in [-0.3, -0.25) is 9.10 Å². The first-order valence-corrected chi connectivity index (χ1v) is 11.7. The molecule has 156 valence electrons. The van der Waals surface area contributed by atoms with Gasteiger partial charge < -0.3 is 9.64 Å². The third-order valence-electron chi connectivity index (χ3n) is 5.05. The number of ether oxygens (including phenoxy) is 1. The molecule has 1 unspecified atom stereocenters. The average Bonchev–Trinajstić information content (AvgIpc) is 2.99. The highest BCUT2D eigenvalue weighted by Crippen LogP contribution is 2.33. The Morgan fingerprint density at radius 1 is 1.28 bits per heavy atom. The van der Waals surface area contributed by atoms with Crippen LogP contribution in [0, 0.1) is 0 Å². The zero-order chi connectivity index (χ0) is 21.2. The second-order valence-corrected chi connectivity index (χ2v) is 9.52. The highest BCUT2D eigenvalue weighted by molar-refractivity contribution is 7.92. The third-order valence-corrected chi connectivity index (χ3v) is 6.54. The topological polar surface area (TPSA) is 66.9 Å². The molecule has 29 heavy (non-hydrogen) atoms. The number of benzene rings is 2. The third kappa shape index (κ3) is 4.67. The number of fused-ring (bicyclic) bond motifs is 1. The lowest BCUT2D eigenvalue weighted by Gasteiger charge is -2.25. The first kappa shape index (κ1) is 21.5. The van der Waals surface area contributed by atoms with Crippen molar-refractivity contribution in [1.29, 1.82) is 0 Å². The van der Waals surface area contributed by atoms with Gasteiger partial charge in [-0.25, -0.2) is 8.42 Å². The Bertz CT molecular complexity index is 1010. The van der Waals surface area contributed by atoms with E-state index in [-0.39, 0.29) is 24.9 Å². The fourth-order valence-electron chi connectivity index (χ4n) is 3.74. The molecule has 1 amide bonds. The summed E-state index contributed by atoms with van der Waals surface area (Å²) in [6, 6.07) is 12.8. The van der Waals surface area contributed by atoms with Crippen molar-refractivity contribution in [2.75, 3.05) is 29.1 Å². The lowest BCUT2D eigenvalue weighted by atomic mass is 10.1. The molecule has 1 atom stereocenters. The van der Waals surface area contributed by atoms with Gasteiger partial charge in [-0.05, 0) is 49.6 Å². The molecule has 1 heterocycles. The molecular formula is C21H25ClN2O4S. The maximum atomic E-state index is 12.8. The quantitative estimate of drug-likeness (QED) is 0.660. The molecule has 0 bridgehead atoms. The molecular weight excluding hydrogens is 412 g/mol. The lowest BCUT2D eigenvalue weighted by molar-refractivity contribution is -0.118. The van der Waals surface area contributed by atoms with Crippen molar-refractivity contribution in [2.45, 2.75) is 32.2 Å². The first-order chi connectivity index (χ1) is 13.7. The van der Waals surface area contributed by atoms with Crippen molar-refractivity contribution >= 4 is 38.9 Å². The summed E-state index contributed by atoms with van der Waals surface area (Å²) in [6.07, 6.45) is 2.64. The molecule has 0 aliphatic carbocycles. The van der Waals surface area contributed by atoms with Crippen LogP contribution in [-0.2, 0) is 21.2 Å². The molecule has 0 radical (unpaired) electrons. The Kier molecular flexibility index (Phi) is 6.39. The van der Waals surface area contributed by atoms with Gasteiger partial charge in [-0.15, -0.1) is 0 Å². The van der Waals surface area contributed by atoms with Gasteiger partial charge >= 0.3 is 0 Å². The number of rotatable bonds is 7. The maximum Gasteiger partial charge on any atom is 0.232 e. The molecule has 2 aromatic rings. The van der Waals surface area contributed by atoms with Crippen molar-refractivity contribution in [2.24, 2.45) is 0 Å². The molecule has 8 heteroatoms. The number of nitrogens with zero attached hydrogens (tertiary/aromatic N) is 2.